The van der Waals surface area contributed by atoms with Gasteiger partial charge in [0, 0.05) is 24.9 Å². The van der Waals surface area contributed by atoms with Crippen molar-refractivity contribution in [3.63, 3.8) is 0 Å². The van der Waals surface area contributed by atoms with Crippen LogP contribution < -0.4 is 10.9 Å². The van der Waals surface area contributed by atoms with Gasteiger partial charge in [0.2, 0.25) is 0 Å². The maximum absolute atomic E-state index is 13.5. The number of nitrogens with one attached hydrogen (secondary N) is 1. The highest BCUT2D eigenvalue weighted by Gasteiger charge is 2.30. The van der Waals surface area contributed by atoms with E-state index in [0.717, 1.165) is 42.6 Å². The molecule has 0 saturated heterocycles. The Bertz CT molecular complexity index is 1700. The maximum Gasteiger partial charge on any atom is 0.294 e. The molecule has 0 amide bonds. The van der Waals surface area contributed by atoms with Crippen LogP contribution in [0.2, 0.25) is 0 Å². The second-order valence-corrected chi connectivity index (χ2v) is 12.1. The van der Waals surface area contributed by atoms with E-state index in [9.17, 15) is 13.2 Å². The van der Waals surface area contributed by atoms with Crippen LogP contribution >= 0.6 is 0 Å². The van der Waals surface area contributed by atoms with Gasteiger partial charge in [0.25, 0.3) is 5.56 Å². The van der Waals surface area contributed by atoms with Gasteiger partial charge in [-0.05, 0) is 38.5 Å². The van der Waals surface area contributed by atoms with Gasteiger partial charge in [-0.3, -0.25) is 9.36 Å². The van der Waals surface area contributed by atoms with Crippen molar-refractivity contribution >= 4 is 26.8 Å². The molecule has 0 bridgehead atoms. The molecule has 2 aliphatic carbocycles. The lowest BCUT2D eigenvalue weighted by Gasteiger charge is -2.14. The van der Waals surface area contributed by atoms with E-state index in [2.05, 4.69) is 35.2 Å². The molecule has 38 heavy (non-hydrogen) atoms. The fourth-order valence-electron chi connectivity index (χ4n) is 4.36. The van der Waals surface area contributed by atoms with E-state index in [1.54, 1.807) is 24.0 Å². The van der Waals surface area contributed by atoms with E-state index in [1.807, 2.05) is 6.92 Å². The van der Waals surface area contributed by atoms with Gasteiger partial charge >= 0.3 is 0 Å². The summed E-state index contributed by atoms with van der Waals surface area (Å²) in [6, 6.07) is 0. The van der Waals surface area contributed by atoms with Crippen LogP contribution in [0.5, 0.6) is 0 Å². The summed E-state index contributed by atoms with van der Waals surface area (Å²) in [6.45, 7) is 4.14. The zero-order valence-corrected chi connectivity index (χ0v) is 21.9. The molecule has 12 nitrogen and oxygen atoms in total. The number of sulfone groups is 1. The average Bonchev–Trinajstić information content (AvgIpc) is 3.84. The molecule has 0 aromatic carbocycles. The summed E-state index contributed by atoms with van der Waals surface area (Å²) in [4.78, 5) is 44.7. The monoisotopic (exact) mass is 533 g/mol. The summed E-state index contributed by atoms with van der Waals surface area (Å²) in [5.74, 6) is 1.76. The standard InChI is InChI=1S/C25H27N9O3S/c1-3-38(36,37)17-8-26-19(27-9-17)11-29-23-25(35)34(12-15-4-5-15)24-18(32-23)10-28-22(33-24)20-14(2)30-13-31-21(20)16-6-7-16/h8-10,13,15-16H,3-7,11-12H2,1-2H3,(H,29,32). The fraction of sp³-hybridized carbons (Fsp3) is 0.440. The molecule has 1 N–H and O–H groups in total. The first kappa shape index (κ1) is 24.5. The van der Waals surface area contributed by atoms with Crippen molar-refractivity contribution in [2.75, 3.05) is 11.1 Å². The Morgan fingerprint density at radius 1 is 1.00 bits per heavy atom. The minimum Gasteiger partial charge on any atom is -0.358 e. The third-order valence-corrected chi connectivity index (χ3v) is 8.60. The number of anilines is 1. The molecule has 2 saturated carbocycles. The highest BCUT2D eigenvalue weighted by molar-refractivity contribution is 7.91. The number of aryl methyl sites for hydroxylation is 1. The van der Waals surface area contributed by atoms with Gasteiger partial charge in [-0.2, -0.15) is 0 Å². The third kappa shape index (κ3) is 4.73. The molecule has 0 atom stereocenters. The average molecular weight is 534 g/mol. The van der Waals surface area contributed by atoms with Gasteiger partial charge in [-0.25, -0.2) is 43.3 Å². The topological polar surface area (TPSA) is 158 Å². The molecule has 2 aliphatic rings. The van der Waals surface area contributed by atoms with Crippen molar-refractivity contribution in [2.24, 2.45) is 5.92 Å². The van der Waals surface area contributed by atoms with Gasteiger partial charge in [0.15, 0.2) is 27.1 Å². The second-order valence-electron chi connectivity index (χ2n) is 9.81. The smallest absolute Gasteiger partial charge is 0.294 e. The van der Waals surface area contributed by atoms with Crippen LogP contribution in [0.15, 0.2) is 34.6 Å². The number of aromatic nitrogens is 8. The predicted molar refractivity (Wildman–Crippen MR) is 139 cm³/mol. The minimum atomic E-state index is -3.39. The minimum absolute atomic E-state index is 0.0297. The lowest BCUT2D eigenvalue weighted by atomic mass is 10.1. The summed E-state index contributed by atoms with van der Waals surface area (Å²) in [7, 11) is -3.39. The molecule has 4 aromatic heterocycles. The Morgan fingerprint density at radius 3 is 2.45 bits per heavy atom. The van der Waals surface area contributed by atoms with Crippen LogP contribution in [0, 0.1) is 12.8 Å². The van der Waals surface area contributed by atoms with E-state index in [0.29, 0.717) is 41.2 Å². The van der Waals surface area contributed by atoms with E-state index >= 15 is 0 Å². The van der Waals surface area contributed by atoms with Crippen molar-refractivity contribution in [3.8, 4) is 11.4 Å². The van der Waals surface area contributed by atoms with Gasteiger partial charge in [0.1, 0.15) is 22.6 Å². The van der Waals surface area contributed by atoms with Gasteiger partial charge in [-0.1, -0.05) is 6.92 Å². The Kier molecular flexibility index (Phi) is 6.09. The molecule has 0 spiro atoms. The SMILES string of the molecule is CCS(=O)(=O)c1cnc(CNc2nc3cnc(-c4c(C)ncnc4C4CC4)nc3n(CC3CC3)c2=O)nc1. The summed E-state index contributed by atoms with van der Waals surface area (Å²) >= 11 is 0. The zero-order valence-electron chi connectivity index (χ0n) is 21.1. The lowest BCUT2D eigenvalue weighted by Crippen LogP contribution is -2.27. The largest absolute Gasteiger partial charge is 0.358 e. The quantitative estimate of drug-likeness (QED) is 0.337. The first-order valence-electron chi connectivity index (χ1n) is 12.7. The molecule has 4 aromatic rings. The van der Waals surface area contributed by atoms with Crippen LogP contribution in [-0.2, 0) is 22.9 Å². The first-order valence-corrected chi connectivity index (χ1v) is 14.4. The Hall–Kier alpha value is -3.87. The van der Waals surface area contributed by atoms with Crippen LogP contribution in [-0.4, -0.2) is 53.6 Å². The normalized spacial score (nSPS) is 15.6. The molecule has 4 heterocycles. The van der Waals surface area contributed by atoms with Crippen LogP contribution in [0.1, 0.15) is 55.7 Å². The molecule has 0 radical (unpaired) electrons. The number of rotatable bonds is 9. The molecule has 196 valence electrons. The zero-order chi connectivity index (χ0) is 26.4. The van der Waals surface area contributed by atoms with E-state index in [4.69, 9.17) is 4.98 Å². The molecule has 6 rings (SSSR count). The summed E-state index contributed by atoms with van der Waals surface area (Å²) < 4.78 is 25.7. The fourth-order valence-corrected chi connectivity index (χ4v) is 5.12. The van der Waals surface area contributed by atoms with Gasteiger partial charge < -0.3 is 5.32 Å². The number of nitrogens with zero attached hydrogens (tertiary/aromatic N) is 8. The Balaban J connectivity index is 1.35. The predicted octanol–water partition coefficient (Wildman–Crippen LogP) is 2.44. The number of hydrogen-bond acceptors (Lipinski definition) is 11. The summed E-state index contributed by atoms with van der Waals surface area (Å²) in [5.41, 5.74) is 3.27. The highest BCUT2D eigenvalue weighted by Crippen LogP contribution is 2.43. The molecular weight excluding hydrogens is 506 g/mol. The summed E-state index contributed by atoms with van der Waals surface area (Å²) in [6.07, 6.45) is 10.1. The van der Waals surface area contributed by atoms with Gasteiger partial charge in [0.05, 0.1) is 35.4 Å². The maximum atomic E-state index is 13.5. The van der Waals surface area contributed by atoms with Crippen molar-refractivity contribution < 1.29 is 8.42 Å². The highest BCUT2D eigenvalue weighted by atomic mass is 32.2. The molecular formula is C25H27N9O3S. The van der Waals surface area contributed by atoms with E-state index in [-0.39, 0.29) is 28.6 Å². The van der Waals surface area contributed by atoms with Crippen LogP contribution in [0.3, 0.4) is 0 Å². The van der Waals surface area contributed by atoms with Crippen molar-refractivity contribution in [2.45, 2.75) is 63.4 Å². The molecule has 0 aliphatic heterocycles. The molecule has 13 heteroatoms. The first-order chi connectivity index (χ1) is 18.3. The van der Waals surface area contributed by atoms with Crippen molar-refractivity contribution in [3.05, 3.63) is 52.5 Å². The Morgan fingerprint density at radius 2 is 1.76 bits per heavy atom. The van der Waals surface area contributed by atoms with E-state index in [1.165, 1.54) is 12.4 Å². The lowest BCUT2D eigenvalue weighted by molar-refractivity contribution is 0.596. The van der Waals surface area contributed by atoms with E-state index < -0.39 is 9.84 Å². The summed E-state index contributed by atoms with van der Waals surface area (Å²) in [5, 5.41) is 3.02. The molecule has 2 fully saturated rings. The number of fused-ring (bicyclic) bond motifs is 1. The van der Waals surface area contributed by atoms with Gasteiger partial charge in [-0.15, -0.1) is 0 Å². The van der Waals surface area contributed by atoms with Crippen LogP contribution in [0.4, 0.5) is 5.82 Å². The second kappa shape index (κ2) is 9.46. The van der Waals surface area contributed by atoms with Crippen LogP contribution in [0.25, 0.3) is 22.6 Å². The third-order valence-electron chi connectivity index (χ3n) is 6.91. The van der Waals surface area contributed by atoms with Crippen molar-refractivity contribution in [1.29, 1.82) is 0 Å². The van der Waals surface area contributed by atoms with Crippen molar-refractivity contribution in [1.82, 2.24) is 39.5 Å². The molecule has 0 unspecified atom stereocenters. The Labute approximate surface area is 219 Å². The number of hydrogen-bond donors (Lipinski definition) is 1.